The van der Waals surface area contributed by atoms with Crippen molar-refractivity contribution >= 4 is 11.6 Å². The second-order valence-electron chi connectivity index (χ2n) is 3.70. The molecule has 0 N–H and O–H groups in total. The highest BCUT2D eigenvalue weighted by atomic mass is 35.5. The average Bonchev–Trinajstić information content (AvgIpc) is 2.52. The van der Waals surface area contributed by atoms with Crippen LogP contribution in [0.5, 0.6) is 0 Å². The van der Waals surface area contributed by atoms with E-state index in [4.69, 9.17) is 11.6 Å². The predicted octanol–water partition coefficient (Wildman–Crippen LogP) is 3.90. The van der Waals surface area contributed by atoms with Crippen molar-refractivity contribution in [2.45, 2.75) is 0 Å². The fraction of sp³-hybridized carbons (Fsp3) is 0. The Morgan fingerprint density at radius 2 is 1.59 bits per heavy atom. The molecule has 2 nitrogen and oxygen atoms in total. The van der Waals surface area contributed by atoms with Crippen molar-refractivity contribution in [1.82, 2.24) is 9.97 Å². The SMILES string of the molecule is Clc1nc2cccccc-2c1-c1ccccn1. The second-order valence-corrected chi connectivity index (χ2v) is 4.06. The molecule has 0 spiro atoms. The van der Waals surface area contributed by atoms with Crippen LogP contribution in [0.4, 0.5) is 0 Å². The summed E-state index contributed by atoms with van der Waals surface area (Å²) in [5.41, 5.74) is 3.67. The summed E-state index contributed by atoms with van der Waals surface area (Å²) < 4.78 is 0. The zero-order valence-electron chi connectivity index (χ0n) is 8.97. The van der Waals surface area contributed by atoms with Crippen LogP contribution in [-0.4, -0.2) is 9.97 Å². The van der Waals surface area contributed by atoms with Gasteiger partial charge in [0.05, 0.1) is 11.4 Å². The van der Waals surface area contributed by atoms with Crippen LogP contribution >= 0.6 is 11.6 Å². The monoisotopic (exact) mass is 240 g/mol. The zero-order chi connectivity index (χ0) is 11.7. The van der Waals surface area contributed by atoms with Gasteiger partial charge < -0.3 is 0 Å². The first-order valence-electron chi connectivity index (χ1n) is 5.32. The Morgan fingerprint density at radius 1 is 0.824 bits per heavy atom. The van der Waals surface area contributed by atoms with Crippen molar-refractivity contribution in [3.8, 4) is 22.5 Å². The van der Waals surface area contributed by atoms with Crippen LogP contribution in [0.2, 0.25) is 5.15 Å². The van der Waals surface area contributed by atoms with E-state index in [0.717, 1.165) is 22.5 Å². The molecule has 17 heavy (non-hydrogen) atoms. The molecule has 3 rings (SSSR count). The van der Waals surface area contributed by atoms with Crippen molar-refractivity contribution < 1.29 is 0 Å². The molecule has 2 heterocycles. The Morgan fingerprint density at radius 3 is 2.41 bits per heavy atom. The minimum Gasteiger partial charge on any atom is -0.256 e. The van der Waals surface area contributed by atoms with Crippen LogP contribution in [0.25, 0.3) is 22.5 Å². The highest BCUT2D eigenvalue weighted by Crippen LogP contribution is 2.37. The van der Waals surface area contributed by atoms with Gasteiger partial charge >= 0.3 is 0 Å². The van der Waals surface area contributed by atoms with Gasteiger partial charge in [-0.2, -0.15) is 0 Å². The molecule has 0 unspecified atom stereocenters. The smallest absolute Gasteiger partial charge is 0.139 e. The summed E-state index contributed by atoms with van der Waals surface area (Å²) in [5, 5.41) is 0.505. The molecule has 1 aromatic heterocycles. The lowest BCUT2D eigenvalue weighted by atomic mass is 10.1. The zero-order valence-corrected chi connectivity index (χ0v) is 9.72. The van der Waals surface area contributed by atoms with Gasteiger partial charge in [-0.1, -0.05) is 41.9 Å². The summed E-state index contributed by atoms with van der Waals surface area (Å²) in [5.74, 6) is 0. The fourth-order valence-electron chi connectivity index (χ4n) is 1.87. The van der Waals surface area contributed by atoms with E-state index in [1.807, 2.05) is 48.5 Å². The van der Waals surface area contributed by atoms with Crippen molar-refractivity contribution in [3.63, 3.8) is 0 Å². The van der Waals surface area contributed by atoms with Crippen molar-refractivity contribution in [2.24, 2.45) is 0 Å². The standard InChI is InChI=1S/C14H9ClN2/c15-14-13(12-8-4-5-9-16-12)10-6-2-1-3-7-11(10)17-14/h1-9H. The summed E-state index contributed by atoms with van der Waals surface area (Å²) >= 11 is 6.19. The van der Waals surface area contributed by atoms with E-state index in [9.17, 15) is 0 Å². The molecule has 0 saturated heterocycles. The molecule has 0 bridgehead atoms. The van der Waals surface area contributed by atoms with Gasteiger partial charge in [0.15, 0.2) is 0 Å². The number of pyridine rings is 1. The Kier molecular flexibility index (Phi) is 2.50. The molecule has 0 fully saturated rings. The van der Waals surface area contributed by atoms with Gasteiger partial charge in [0.25, 0.3) is 0 Å². The number of halogens is 1. The lowest BCUT2D eigenvalue weighted by Crippen LogP contribution is -1.81. The van der Waals surface area contributed by atoms with Crippen LogP contribution in [0.15, 0.2) is 54.7 Å². The maximum atomic E-state index is 6.19. The predicted molar refractivity (Wildman–Crippen MR) is 69.1 cm³/mol. The van der Waals surface area contributed by atoms with Crippen molar-refractivity contribution in [2.75, 3.05) is 0 Å². The highest BCUT2D eigenvalue weighted by Gasteiger charge is 2.17. The number of hydrogen-bond acceptors (Lipinski definition) is 2. The Hall–Kier alpha value is -1.93. The van der Waals surface area contributed by atoms with Crippen LogP contribution < -0.4 is 0 Å². The third-order valence-electron chi connectivity index (χ3n) is 2.63. The van der Waals surface area contributed by atoms with Crippen LogP contribution in [-0.2, 0) is 0 Å². The Balaban J connectivity index is 2.30. The molecule has 82 valence electrons. The molecule has 0 amide bonds. The fourth-order valence-corrected chi connectivity index (χ4v) is 2.16. The van der Waals surface area contributed by atoms with Gasteiger partial charge in [-0.3, -0.25) is 4.98 Å². The third-order valence-corrected chi connectivity index (χ3v) is 2.90. The molecule has 0 aromatic carbocycles. The molecule has 0 saturated carbocycles. The van der Waals surface area contributed by atoms with Crippen molar-refractivity contribution in [3.05, 3.63) is 59.9 Å². The summed E-state index contributed by atoms with van der Waals surface area (Å²) in [4.78, 5) is 8.68. The molecule has 0 atom stereocenters. The minimum absolute atomic E-state index is 0.505. The van der Waals surface area contributed by atoms with Gasteiger partial charge in [-0.05, 0) is 18.2 Å². The van der Waals surface area contributed by atoms with E-state index in [-0.39, 0.29) is 0 Å². The van der Waals surface area contributed by atoms with Crippen molar-refractivity contribution in [1.29, 1.82) is 0 Å². The second kappa shape index (κ2) is 4.15. The number of hydrogen-bond donors (Lipinski definition) is 0. The number of fused-ring (bicyclic) bond motifs is 1. The van der Waals surface area contributed by atoms with Gasteiger partial charge in [-0.25, -0.2) is 4.98 Å². The van der Waals surface area contributed by atoms with E-state index in [0.29, 0.717) is 5.15 Å². The van der Waals surface area contributed by atoms with Crippen LogP contribution in [0.1, 0.15) is 0 Å². The van der Waals surface area contributed by atoms with Crippen LogP contribution in [0, 0.1) is 0 Å². The first-order valence-corrected chi connectivity index (χ1v) is 5.70. The summed E-state index contributed by atoms with van der Waals surface area (Å²) in [6, 6.07) is 15.6. The Labute approximate surface area is 104 Å². The molecule has 2 aliphatic rings. The summed E-state index contributed by atoms with van der Waals surface area (Å²) in [6.07, 6.45) is 1.76. The number of aromatic nitrogens is 2. The molecule has 3 heteroatoms. The van der Waals surface area contributed by atoms with E-state index >= 15 is 0 Å². The summed E-state index contributed by atoms with van der Waals surface area (Å²) in [7, 11) is 0. The molecular weight excluding hydrogens is 232 g/mol. The lowest BCUT2D eigenvalue weighted by Gasteiger charge is -1.99. The minimum atomic E-state index is 0.505. The largest absolute Gasteiger partial charge is 0.256 e. The number of nitrogens with zero attached hydrogens (tertiary/aromatic N) is 2. The molecule has 0 radical (unpaired) electrons. The van der Waals surface area contributed by atoms with Gasteiger partial charge in [0.2, 0.25) is 0 Å². The Bertz CT molecular complexity index is 622. The van der Waals surface area contributed by atoms with E-state index in [1.54, 1.807) is 6.20 Å². The first kappa shape index (κ1) is 10.2. The molecular formula is C14H9ClN2. The highest BCUT2D eigenvalue weighted by molar-refractivity contribution is 6.33. The third kappa shape index (κ3) is 1.77. The van der Waals surface area contributed by atoms with Gasteiger partial charge in [0.1, 0.15) is 5.15 Å². The number of rotatable bonds is 1. The van der Waals surface area contributed by atoms with Crippen LogP contribution in [0.3, 0.4) is 0 Å². The van der Waals surface area contributed by atoms with E-state index in [1.165, 1.54) is 0 Å². The van der Waals surface area contributed by atoms with Gasteiger partial charge in [-0.15, -0.1) is 0 Å². The topological polar surface area (TPSA) is 25.8 Å². The van der Waals surface area contributed by atoms with E-state index in [2.05, 4.69) is 9.97 Å². The maximum Gasteiger partial charge on any atom is 0.139 e. The van der Waals surface area contributed by atoms with Gasteiger partial charge in [0, 0.05) is 17.3 Å². The first-order chi connectivity index (χ1) is 8.36. The maximum absolute atomic E-state index is 6.19. The normalized spacial score (nSPS) is 10.6. The molecule has 1 aliphatic carbocycles. The molecule has 1 aromatic rings. The quantitative estimate of drug-likeness (QED) is 0.645. The lowest BCUT2D eigenvalue weighted by molar-refractivity contribution is 1.33. The summed E-state index contributed by atoms with van der Waals surface area (Å²) in [6.45, 7) is 0. The molecule has 1 aliphatic heterocycles. The average molecular weight is 241 g/mol. The van der Waals surface area contributed by atoms with E-state index < -0.39 is 0 Å².